The maximum atomic E-state index is 12.4. The molecule has 0 spiro atoms. The number of benzene rings is 1. The summed E-state index contributed by atoms with van der Waals surface area (Å²) >= 11 is 0. The number of piperidine rings is 1. The summed E-state index contributed by atoms with van der Waals surface area (Å²) in [6, 6.07) is 7.07. The second-order valence-electron chi connectivity index (χ2n) is 6.04. The van der Waals surface area contributed by atoms with E-state index in [1.807, 2.05) is 31.2 Å². The van der Waals surface area contributed by atoms with Crippen LogP contribution in [0.5, 0.6) is 0 Å². The zero-order chi connectivity index (χ0) is 18.0. The quantitative estimate of drug-likeness (QED) is 0.822. The van der Waals surface area contributed by atoms with E-state index < -0.39 is 17.9 Å². The smallest absolute Gasteiger partial charge is 0.255 e. The number of carbonyl (C=O) groups excluding carboxylic acids is 3. The van der Waals surface area contributed by atoms with Crippen LogP contribution in [-0.4, -0.2) is 33.7 Å². The van der Waals surface area contributed by atoms with Crippen LogP contribution < -0.4 is 10.6 Å². The topological polar surface area (TPSA) is 101 Å². The molecule has 1 unspecified atom stereocenters. The summed E-state index contributed by atoms with van der Waals surface area (Å²) in [5, 5.41) is 4.84. The number of carbonyl (C=O) groups is 3. The molecule has 128 valence electrons. The average molecular weight is 338 g/mol. The third-order valence-electron chi connectivity index (χ3n) is 4.08. The largest absolute Gasteiger partial charge is 0.340 e. The van der Waals surface area contributed by atoms with E-state index in [2.05, 4.69) is 20.6 Å². The van der Waals surface area contributed by atoms with E-state index in [-0.39, 0.29) is 18.7 Å². The summed E-state index contributed by atoms with van der Waals surface area (Å²) in [7, 11) is 0. The predicted octanol–water partition coefficient (Wildman–Crippen LogP) is 1.30. The first-order valence-corrected chi connectivity index (χ1v) is 7.99. The molecule has 1 aliphatic rings. The van der Waals surface area contributed by atoms with Crippen molar-refractivity contribution >= 4 is 17.7 Å². The van der Waals surface area contributed by atoms with E-state index in [1.54, 1.807) is 6.92 Å². The zero-order valence-corrected chi connectivity index (χ0v) is 14.0. The fourth-order valence-corrected chi connectivity index (χ4v) is 2.60. The molecule has 2 N–H and O–H groups in total. The lowest BCUT2D eigenvalue weighted by molar-refractivity contribution is -0.134. The predicted molar refractivity (Wildman–Crippen MR) is 90.6 cm³/mol. The van der Waals surface area contributed by atoms with E-state index in [0.717, 1.165) is 11.1 Å². The molecular weight excluding hydrogens is 320 g/mol. The van der Waals surface area contributed by atoms with Crippen molar-refractivity contribution in [1.82, 2.24) is 20.6 Å². The second-order valence-corrected chi connectivity index (χ2v) is 6.04. The van der Waals surface area contributed by atoms with Crippen LogP contribution in [0.25, 0.3) is 11.4 Å². The van der Waals surface area contributed by atoms with Gasteiger partial charge in [-0.15, -0.1) is 0 Å². The molecule has 1 saturated heterocycles. The standard InChI is InChI=1S/C18H18N4O3/c1-10-3-5-12(6-4-10)16-19-9-13(11(2)20-16)17(24)21-14-7-8-15(23)22-18(14)25/h3-6,9,14H,7-8H2,1-2H3,(H,21,24)(H,22,23,25). The van der Waals surface area contributed by atoms with Gasteiger partial charge in [0.2, 0.25) is 11.8 Å². The summed E-state index contributed by atoms with van der Waals surface area (Å²) in [6.07, 6.45) is 1.95. The fourth-order valence-electron chi connectivity index (χ4n) is 2.60. The fraction of sp³-hybridized carbons (Fsp3) is 0.278. The van der Waals surface area contributed by atoms with Gasteiger partial charge in [-0.25, -0.2) is 9.97 Å². The Balaban J connectivity index is 1.76. The molecular formula is C18H18N4O3. The maximum absolute atomic E-state index is 12.4. The zero-order valence-electron chi connectivity index (χ0n) is 14.0. The first-order chi connectivity index (χ1) is 11.9. The van der Waals surface area contributed by atoms with Gasteiger partial charge in [0.25, 0.3) is 5.91 Å². The number of rotatable bonds is 3. The molecule has 1 aromatic carbocycles. The summed E-state index contributed by atoms with van der Waals surface area (Å²) in [4.78, 5) is 43.9. The van der Waals surface area contributed by atoms with Crippen LogP contribution in [0.4, 0.5) is 0 Å². The third kappa shape index (κ3) is 3.71. The monoisotopic (exact) mass is 338 g/mol. The molecule has 0 aliphatic carbocycles. The molecule has 3 amide bonds. The van der Waals surface area contributed by atoms with Crippen LogP contribution in [0.1, 0.15) is 34.5 Å². The Kier molecular flexibility index (Phi) is 4.56. The van der Waals surface area contributed by atoms with Crippen molar-refractivity contribution < 1.29 is 14.4 Å². The molecule has 0 bridgehead atoms. The van der Waals surface area contributed by atoms with Gasteiger partial charge in [0.1, 0.15) is 6.04 Å². The molecule has 25 heavy (non-hydrogen) atoms. The molecule has 1 aromatic heterocycles. The first-order valence-electron chi connectivity index (χ1n) is 7.99. The van der Waals surface area contributed by atoms with Gasteiger partial charge in [-0.1, -0.05) is 29.8 Å². The minimum Gasteiger partial charge on any atom is -0.340 e. The highest BCUT2D eigenvalue weighted by Crippen LogP contribution is 2.17. The van der Waals surface area contributed by atoms with E-state index in [9.17, 15) is 14.4 Å². The van der Waals surface area contributed by atoms with Gasteiger partial charge < -0.3 is 5.32 Å². The summed E-state index contributed by atoms with van der Waals surface area (Å²) in [5.41, 5.74) is 2.84. The highest BCUT2D eigenvalue weighted by atomic mass is 16.2. The number of nitrogens with one attached hydrogen (secondary N) is 2. The third-order valence-corrected chi connectivity index (χ3v) is 4.08. The molecule has 3 rings (SSSR count). The Bertz CT molecular complexity index is 846. The molecule has 2 aromatic rings. The molecule has 1 aliphatic heterocycles. The van der Waals surface area contributed by atoms with Gasteiger partial charge >= 0.3 is 0 Å². The lowest BCUT2D eigenvalue weighted by Crippen LogP contribution is -2.52. The normalized spacial score (nSPS) is 17.1. The van der Waals surface area contributed by atoms with Crippen LogP contribution in [0.15, 0.2) is 30.5 Å². The minimum absolute atomic E-state index is 0.207. The van der Waals surface area contributed by atoms with E-state index in [4.69, 9.17) is 0 Å². The van der Waals surface area contributed by atoms with Crippen molar-refractivity contribution in [2.24, 2.45) is 0 Å². The molecule has 7 nitrogen and oxygen atoms in total. The first kappa shape index (κ1) is 16.8. The van der Waals surface area contributed by atoms with Crippen molar-refractivity contribution in [3.63, 3.8) is 0 Å². The van der Waals surface area contributed by atoms with E-state index in [0.29, 0.717) is 17.1 Å². The summed E-state index contributed by atoms with van der Waals surface area (Å²) < 4.78 is 0. The van der Waals surface area contributed by atoms with Gasteiger partial charge in [0, 0.05) is 18.2 Å². The van der Waals surface area contributed by atoms with E-state index >= 15 is 0 Å². The van der Waals surface area contributed by atoms with Gasteiger partial charge in [-0.3, -0.25) is 19.7 Å². The van der Waals surface area contributed by atoms with Crippen LogP contribution in [0, 0.1) is 13.8 Å². The van der Waals surface area contributed by atoms with Gasteiger partial charge in [-0.05, 0) is 20.3 Å². The van der Waals surface area contributed by atoms with Crippen LogP contribution in [-0.2, 0) is 9.59 Å². The second kappa shape index (κ2) is 6.80. The number of aromatic nitrogens is 2. The molecule has 7 heteroatoms. The lowest BCUT2D eigenvalue weighted by Gasteiger charge is -2.22. The highest BCUT2D eigenvalue weighted by Gasteiger charge is 2.28. The van der Waals surface area contributed by atoms with Gasteiger partial charge in [0.15, 0.2) is 5.82 Å². The van der Waals surface area contributed by atoms with Crippen LogP contribution in [0.2, 0.25) is 0 Å². The Morgan fingerprint density at radius 3 is 2.56 bits per heavy atom. The Morgan fingerprint density at radius 2 is 1.92 bits per heavy atom. The van der Waals surface area contributed by atoms with Crippen molar-refractivity contribution in [2.75, 3.05) is 0 Å². The number of imide groups is 1. The lowest BCUT2D eigenvalue weighted by atomic mass is 10.1. The van der Waals surface area contributed by atoms with Crippen molar-refractivity contribution in [3.05, 3.63) is 47.3 Å². The Hall–Kier alpha value is -3.09. The molecule has 0 radical (unpaired) electrons. The van der Waals surface area contributed by atoms with Crippen molar-refractivity contribution in [1.29, 1.82) is 0 Å². The summed E-state index contributed by atoms with van der Waals surface area (Å²) in [5.74, 6) is -0.700. The molecule has 0 saturated carbocycles. The number of hydrogen-bond donors (Lipinski definition) is 2. The molecule has 1 atom stereocenters. The van der Waals surface area contributed by atoms with Gasteiger partial charge in [-0.2, -0.15) is 0 Å². The SMILES string of the molecule is Cc1ccc(-c2ncc(C(=O)NC3CCC(=O)NC3=O)c(C)n2)cc1. The minimum atomic E-state index is -0.721. The molecule has 2 heterocycles. The number of amides is 3. The maximum Gasteiger partial charge on any atom is 0.255 e. The van der Waals surface area contributed by atoms with Crippen LogP contribution >= 0.6 is 0 Å². The van der Waals surface area contributed by atoms with Crippen molar-refractivity contribution in [3.8, 4) is 11.4 Å². The number of nitrogens with zero attached hydrogens (tertiary/aromatic N) is 2. The average Bonchev–Trinajstić information content (AvgIpc) is 2.58. The van der Waals surface area contributed by atoms with Gasteiger partial charge in [0.05, 0.1) is 11.3 Å². The molecule has 1 fully saturated rings. The Morgan fingerprint density at radius 1 is 1.20 bits per heavy atom. The Labute approximate surface area is 144 Å². The number of aryl methyl sites for hydroxylation is 2. The van der Waals surface area contributed by atoms with E-state index in [1.165, 1.54) is 6.20 Å². The van der Waals surface area contributed by atoms with Crippen molar-refractivity contribution in [2.45, 2.75) is 32.7 Å². The highest BCUT2D eigenvalue weighted by molar-refractivity contribution is 6.04. The number of hydrogen-bond acceptors (Lipinski definition) is 5. The summed E-state index contributed by atoms with van der Waals surface area (Å²) in [6.45, 7) is 3.72. The van der Waals surface area contributed by atoms with Crippen LogP contribution in [0.3, 0.4) is 0 Å².